The van der Waals surface area contributed by atoms with Gasteiger partial charge in [-0.2, -0.15) is 0 Å². The standard InChI is InChI=1S/C28H35NO5/c1-16-11-13-19(14-12-16)24-23(28(32)34-20-9-7-5-6-8-10-20)18(3)29-21-15-17(2)22(27(31)33-4)26(30)25(21)24/h11-14,17,20,22,24,29H,5-10,15H2,1-4H3/t17-,22+,24-/m1/s1. The Labute approximate surface area is 201 Å². The first kappa shape index (κ1) is 24.2. The van der Waals surface area contributed by atoms with Gasteiger partial charge in [-0.1, -0.05) is 49.6 Å². The molecule has 1 N–H and O–H groups in total. The lowest BCUT2D eigenvalue weighted by molar-refractivity contribution is -0.151. The summed E-state index contributed by atoms with van der Waals surface area (Å²) in [6.45, 7) is 5.76. The fourth-order valence-electron chi connectivity index (χ4n) is 5.62. The minimum atomic E-state index is -0.879. The third kappa shape index (κ3) is 4.68. The van der Waals surface area contributed by atoms with Crippen molar-refractivity contribution in [1.82, 2.24) is 5.32 Å². The molecule has 1 saturated carbocycles. The van der Waals surface area contributed by atoms with Crippen molar-refractivity contribution in [2.75, 3.05) is 7.11 Å². The highest BCUT2D eigenvalue weighted by Crippen LogP contribution is 2.45. The predicted octanol–water partition coefficient (Wildman–Crippen LogP) is 4.87. The average Bonchev–Trinajstić information content (AvgIpc) is 3.07. The summed E-state index contributed by atoms with van der Waals surface area (Å²) in [4.78, 5) is 39.9. The highest BCUT2D eigenvalue weighted by Gasteiger charge is 2.47. The van der Waals surface area contributed by atoms with Gasteiger partial charge in [-0.15, -0.1) is 0 Å². The molecular formula is C28H35NO5. The number of carbonyl (C=O) groups is 3. The van der Waals surface area contributed by atoms with Gasteiger partial charge in [0.2, 0.25) is 0 Å². The zero-order valence-corrected chi connectivity index (χ0v) is 20.6. The molecule has 4 rings (SSSR count). The Morgan fingerprint density at radius 1 is 1.00 bits per heavy atom. The van der Waals surface area contributed by atoms with Gasteiger partial charge < -0.3 is 14.8 Å². The summed E-state index contributed by atoms with van der Waals surface area (Å²) in [6, 6.07) is 7.88. The van der Waals surface area contributed by atoms with E-state index in [-0.39, 0.29) is 23.8 Å². The van der Waals surface area contributed by atoms with Crippen LogP contribution in [0.15, 0.2) is 46.8 Å². The molecule has 0 unspecified atom stereocenters. The number of dihydropyridines is 1. The SMILES string of the molecule is COC(=O)[C@@H]1C(=O)C2=C(C[C@H]1C)NC(C)=C(C(=O)OC1CCCCCC1)[C@H]2c1ccc(C)cc1. The van der Waals surface area contributed by atoms with E-state index >= 15 is 0 Å². The molecule has 1 fully saturated rings. The lowest BCUT2D eigenvalue weighted by Crippen LogP contribution is -2.43. The monoisotopic (exact) mass is 465 g/mol. The van der Waals surface area contributed by atoms with Gasteiger partial charge in [0.05, 0.1) is 12.7 Å². The summed E-state index contributed by atoms with van der Waals surface area (Å²) in [5.74, 6) is -2.84. The fourth-order valence-corrected chi connectivity index (χ4v) is 5.62. The number of aryl methyl sites for hydroxylation is 1. The Hall–Kier alpha value is -2.89. The van der Waals surface area contributed by atoms with Crippen LogP contribution in [-0.4, -0.2) is 30.9 Å². The van der Waals surface area contributed by atoms with Crippen molar-refractivity contribution >= 4 is 17.7 Å². The number of allylic oxidation sites excluding steroid dienone is 3. The van der Waals surface area contributed by atoms with Gasteiger partial charge in [-0.3, -0.25) is 9.59 Å². The van der Waals surface area contributed by atoms with Crippen LogP contribution in [0.1, 0.15) is 75.8 Å². The Morgan fingerprint density at radius 3 is 2.26 bits per heavy atom. The molecule has 3 atom stereocenters. The van der Waals surface area contributed by atoms with Crippen LogP contribution in [0.3, 0.4) is 0 Å². The summed E-state index contributed by atoms with van der Waals surface area (Å²) >= 11 is 0. The Morgan fingerprint density at radius 2 is 1.65 bits per heavy atom. The molecule has 34 heavy (non-hydrogen) atoms. The molecule has 6 heteroatoms. The molecule has 1 aromatic carbocycles. The molecule has 0 saturated heterocycles. The van der Waals surface area contributed by atoms with E-state index in [1.807, 2.05) is 45.0 Å². The molecule has 6 nitrogen and oxygen atoms in total. The largest absolute Gasteiger partial charge is 0.468 e. The molecule has 0 radical (unpaired) electrons. The molecule has 0 amide bonds. The van der Waals surface area contributed by atoms with Gasteiger partial charge in [0, 0.05) is 22.9 Å². The van der Waals surface area contributed by atoms with Gasteiger partial charge in [0.15, 0.2) is 5.78 Å². The number of carbonyl (C=O) groups excluding carboxylic acids is 3. The summed E-state index contributed by atoms with van der Waals surface area (Å²) in [6.07, 6.45) is 6.62. The number of Topliss-reactive ketones (excluding diaryl/α,β-unsaturated/α-hetero) is 1. The molecule has 1 aliphatic heterocycles. The Kier molecular flexibility index (Phi) is 7.24. The van der Waals surface area contributed by atoms with Gasteiger partial charge in [-0.25, -0.2) is 4.79 Å². The number of ketones is 1. The van der Waals surface area contributed by atoms with E-state index in [0.29, 0.717) is 23.3 Å². The van der Waals surface area contributed by atoms with Crippen molar-refractivity contribution < 1.29 is 23.9 Å². The fraction of sp³-hybridized carbons (Fsp3) is 0.536. The topological polar surface area (TPSA) is 81.7 Å². The molecule has 1 heterocycles. The first-order valence-corrected chi connectivity index (χ1v) is 12.4. The van der Waals surface area contributed by atoms with Crippen LogP contribution >= 0.6 is 0 Å². The molecule has 0 spiro atoms. The lowest BCUT2D eigenvalue weighted by atomic mass is 9.69. The van der Waals surface area contributed by atoms with E-state index in [9.17, 15) is 14.4 Å². The highest BCUT2D eigenvalue weighted by atomic mass is 16.5. The van der Waals surface area contributed by atoms with E-state index in [2.05, 4.69) is 5.32 Å². The van der Waals surface area contributed by atoms with Gasteiger partial charge >= 0.3 is 11.9 Å². The quantitative estimate of drug-likeness (QED) is 0.388. The van der Waals surface area contributed by atoms with Gasteiger partial charge in [0.1, 0.15) is 12.0 Å². The number of ether oxygens (including phenoxy) is 2. The minimum Gasteiger partial charge on any atom is -0.468 e. The molecular weight excluding hydrogens is 430 g/mol. The zero-order chi connectivity index (χ0) is 24.4. The number of nitrogens with one attached hydrogen (secondary N) is 1. The Bertz CT molecular complexity index is 1030. The van der Waals surface area contributed by atoms with Crippen LogP contribution in [-0.2, 0) is 23.9 Å². The molecule has 182 valence electrons. The maximum absolute atomic E-state index is 13.8. The van der Waals surface area contributed by atoms with Crippen LogP contribution in [0.2, 0.25) is 0 Å². The normalized spacial score (nSPS) is 25.9. The van der Waals surface area contributed by atoms with Gasteiger partial charge in [-0.05, 0) is 57.4 Å². The smallest absolute Gasteiger partial charge is 0.337 e. The van der Waals surface area contributed by atoms with Crippen molar-refractivity contribution in [1.29, 1.82) is 0 Å². The number of hydrogen-bond acceptors (Lipinski definition) is 6. The second-order valence-electron chi connectivity index (χ2n) is 9.96. The van der Waals surface area contributed by atoms with Crippen LogP contribution < -0.4 is 5.32 Å². The van der Waals surface area contributed by atoms with Crippen molar-refractivity contribution in [3.63, 3.8) is 0 Å². The summed E-state index contributed by atoms with van der Waals surface area (Å²) in [5.41, 5.74) is 4.37. The van der Waals surface area contributed by atoms with E-state index in [0.717, 1.165) is 42.5 Å². The Balaban J connectivity index is 1.76. The second-order valence-corrected chi connectivity index (χ2v) is 9.96. The molecule has 3 aliphatic rings. The number of rotatable bonds is 4. The molecule has 0 bridgehead atoms. The number of methoxy groups -OCH3 is 1. The minimum absolute atomic E-state index is 0.103. The first-order valence-electron chi connectivity index (χ1n) is 12.4. The summed E-state index contributed by atoms with van der Waals surface area (Å²) in [7, 11) is 1.31. The van der Waals surface area contributed by atoms with Crippen LogP contribution in [0.5, 0.6) is 0 Å². The predicted molar refractivity (Wildman–Crippen MR) is 129 cm³/mol. The van der Waals surface area contributed by atoms with E-state index in [1.54, 1.807) is 0 Å². The maximum Gasteiger partial charge on any atom is 0.337 e. The van der Waals surface area contributed by atoms with E-state index in [4.69, 9.17) is 9.47 Å². The maximum atomic E-state index is 13.8. The first-order chi connectivity index (χ1) is 16.3. The second kappa shape index (κ2) is 10.2. The average molecular weight is 466 g/mol. The summed E-state index contributed by atoms with van der Waals surface area (Å²) < 4.78 is 11.0. The molecule has 2 aliphatic carbocycles. The number of esters is 2. The lowest BCUT2D eigenvalue weighted by Gasteiger charge is -2.38. The van der Waals surface area contributed by atoms with Crippen molar-refractivity contribution in [2.24, 2.45) is 11.8 Å². The van der Waals surface area contributed by atoms with Crippen molar-refractivity contribution in [3.05, 3.63) is 57.9 Å². The van der Waals surface area contributed by atoms with Crippen molar-refractivity contribution in [3.8, 4) is 0 Å². The third-order valence-corrected chi connectivity index (χ3v) is 7.45. The van der Waals surface area contributed by atoms with Gasteiger partial charge in [0.25, 0.3) is 0 Å². The van der Waals surface area contributed by atoms with Crippen LogP contribution in [0.25, 0.3) is 0 Å². The van der Waals surface area contributed by atoms with Crippen LogP contribution in [0.4, 0.5) is 0 Å². The third-order valence-electron chi connectivity index (χ3n) is 7.45. The number of benzene rings is 1. The number of hydrogen-bond donors (Lipinski definition) is 1. The summed E-state index contributed by atoms with van der Waals surface area (Å²) in [5, 5.41) is 3.33. The highest BCUT2D eigenvalue weighted by molar-refractivity contribution is 6.12. The molecule has 0 aromatic heterocycles. The van der Waals surface area contributed by atoms with Crippen LogP contribution in [0, 0.1) is 18.8 Å². The van der Waals surface area contributed by atoms with E-state index < -0.39 is 17.8 Å². The molecule has 1 aromatic rings. The van der Waals surface area contributed by atoms with E-state index in [1.165, 1.54) is 20.0 Å². The van der Waals surface area contributed by atoms with Crippen molar-refractivity contribution in [2.45, 2.75) is 77.7 Å². The zero-order valence-electron chi connectivity index (χ0n) is 20.6.